The number of hydrogen-bond donors (Lipinski definition) is 1. The van der Waals surface area contributed by atoms with Gasteiger partial charge in [0.2, 0.25) is 0 Å². The first kappa shape index (κ1) is 19.6. The molecule has 1 saturated carbocycles. The Morgan fingerprint density at radius 1 is 1.34 bits per heavy atom. The molecule has 9 heteroatoms. The van der Waals surface area contributed by atoms with Crippen molar-refractivity contribution in [3.05, 3.63) is 46.9 Å². The molecule has 29 heavy (non-hydrogen) atoms. The van der Waals surface area contributed by atoms with E-state index in [0.717, 1.165) is 17.5 Å². The number of carbonyl (C=O) groups is 1. The van der Waals surface area contributed by atoms with Gasteiger partial charge in [0.05, 0.1) is 11.2 Å². The van der Waals surface area contributed by atoms with Crippen LogP contribution in [0.25, 0.3) is 16.9 Å². The zero-order valence-corrected chi connectivity index (χ0v) is 16.6. The SMILES string of the molecule is Cn1nc(C(C)(F)F)c(O)c1-n1cc(-c2ccc(Cl)c(C(=O)CC3CC3)c2)cn1. The topological polar surface area (TPSA) is 72.9 Å². The summed E-state index contributed by atoms with van der Waals surface area (Å²) in [6.45, 7) is 0.668. The fourth-order valence-electron chi connectivity index (χ4n) is 3.26. The molecule has 2 heterocycles. The molecule has 0 spiro atoms. The van der Waals surface area contributed by atoms with Crippen LogP contribution in [0.4, 0.5) is 8.78 Å². The summed E-state index contributed by atoms with van der Waals surface area (Å²) in [5, 5.41) is 18.5. The summed E-state index contributed by atoms with van der Waals surface area (Å²) in [5.41, 5.74) is 1.10. The van der Waals surface area contributed by atoms with Gasteiger partial charge in [0, 0.05) is 37.7 Å². The molecule has 1 N–H and O–H groups in total. The summed E-state index contributed by atoms with van der Waals surface area (Å²) in [5.74, 6) is -3.45. The molecular formula is C20H19ClF2N4O2. The number of benzene rings is 1. The number of aromatic hydroxyl groups is 1. The zero-order chi connectivity index (χ0) is 20.9. The number of aromatic nitrogens is 4. The fraction of sp³-hybridized carbons (Fsp3) is 0.350. The van der Waals surface area contributed by atoms with Crippen molar-refractivity contribution < 1.29 is 18.7 Å². The lowest BCUT2D eigenvalue weighted by Crippen LogP contribution is -2.08. The van der Waals surface area contributed by atoms with Crippen LogP contribution in [0.15, 0.2) is 30.6 Å². The Kier molecular flexibility index (Phi) is 4.69. The van der Waals surface area contributed by atoms with Crippen LogP contribution < -0.4 is 0 Å². The van der Waals surface area contributed by atoms with E-state index in [4.69, 9.17) is 11.6 Å². The second kappa shape index (κ2) is 6.95. The van der Waals surface area contributed by atoms with E-state index in [1.54, 1.807) is 24.4 Å². The Morgan fingerprint density at radius 3 is 2.69 bits per heavy atom. The number of nitrogens with zero attached hydrogens (tertiary/aromatic N) is 4. The fourth-order valence-corrected chi connectivity index (χ4v) is 3.48. The monoisotopic (exact) mass is 420 g/mol. The van der Waals surface area contributed by atoms with E-state index in [-0.39, 0.29) is 11.6 Å². The third-order valence-corrected chi connectivity index (χ3v) is 5.31. The summed E-state index contributed by atoms with van der Waals surface area (Å²) >= 11 is 6.21. The first-order valence-electron chi connectivity index (χ1n) is 9.17. The first-order chi connectivity index (χ1) is 13.6. The molecule has 152 valence electrons. The maximum atomic E-state index is 13.6. The molecule has 0 amide bonds. The molecule has 0 bridgehead atoms. The summed E-state index contributed by atoms with van der Waals surface area (Å²) in [6, 6.07) is 5.13. The molecule has 0 unspecified atom stereocenters. The van der Waals surface area contributed by atoms with Gasteiger partial charge in [0.25, 0.3) is 5.92 Å². The van der Waals surface area contributed by atoms with Gasteiger partial charge in [-0.05, 0) is 36.5 Å². The van der Waals surface area contributed by atoms with Gasteiger partial charge in [0.1, 0.15) is 0 Å². The molecule has 1 aliphatic carbocycles. The molecule has 6 nitrogen and oxygen atoms in total. The maximum Gasteiger partial charge on any atom is 0.292 e. The number of rotatable bonds is 6. The van der Waals surface area contributed by atoms with Gasteiger partial charge in [-0.2, -0.15) is 19.0 Å². The van der Waals surface area contributed by atoms with Crippen molar-refractivity contribution in [2.24, 2.45) is 13.0 Å². The highest BCUT2D eigenvalue weighted by Gasteiger charge is 2.35. The van der Waals surface area contributed by atoms with Crippen molar-refractivity contribution in [1.82, 2.24) is 19.6 Å². The van der Waals surface area contributed by atoms with Crippen LogP contribution in [0, 0.1) is 5.92 Å². The van der Waals surface area contributed by atoms with Gasteiger partial charge in [-0.3, -0.25) is 4.79 Å². The number of halogens is 3. The second-order valence-electron chi connectivity index (χ2n) is 7.47. The molecule has 2 aromatic heterocycles. The van der Waals surface area contributed by atoms with Crippen LogP contribution in [-0.4, -0.2) is 30.5 Å². The molecule has 0 saturated heterocycles. The molecular weight excluding hydrogens is 402 g/mol. The van der Waals surface area contributed by atoms with Gasteiger partial charge in [-0.25, -0.2) is 9.36 Å². The van der Waals surface area contributed by atoms with Gasteiger partial charge in [-0.15, -0.1) is 0 Å². The number of Topliss-reactive ketones (excluding diaryl/α,β-unsaturated/α-hetero) is 1. The van der Waals surface area contributed by atoms with Crippen molar-refractivity contribution in [2.75, 3.05) is 0 Å². The van der Waals surface area contributed by atoms with Crippen molar-refractivity contribution >= 4 is 17.4 Å². The Hall–Kier alpha value is -2.74. The minimum atomic E-state index is -3.29. The van der Waals surface area contributed by atoms with E-state index in [9.17, 15) is 18.7 Å². The lowest BCUT2D eigenvalue weighted by molar-refractivity contribution is 0.0100. The predicted molar refractivity (Wildman–Crippen MR) is 104 cm³/mol. The van der Waals surface area contributed by atoms with Gasteiger partial charge < -0.3 is 5.11 Å². The second-order valence-corrected chi connectivity index (χ2v) is 7.88. The highest BCUT2D eigenvalue weighted by molar-refractivity contribution is 6.34. The summed E-state index contributed by atoms with van der Waals surface area (Å²) < 4.78 is 29.7. The van der Waals surface area contributed by atoms with E-state index in [0.29, 0.717) is 41.0 Å². The summed E-state index contributed by atoms with van der Waals surface area (Å²) in [4.78, 5) is 12.5. The summed E-state index contributed by atoms with van der Waals surface area (Å²) in [7, 11) is 1.45. The predicted octanol–water partition coefficient (Wildman–Crippen LogP) is 4.73. The smallest absolute Gasteiger partial charge is 0.292 e. The van der Waals surface area contributed by atoms with Gasteiger partial charge in [0.15, 0.2) is 23.0 Å². The van der Waals surface area contributed by atoms with Crippen molar-refractivity contribution in [2.45, 2.75) is 32.1 Å². The normalized spacial score (nSPS) is 14.4. The van der Waals surface area contributed by atoms with Crippen molar-refractivity contribution in [3.8, 4) is 22.7 Å². The Bertz CT molecular complexity index is 1100. The van der Waals surface area contributed by atoms with E-state index in [1.165, 1.54) is 17.9 Å². The zero-order valence-electron chi connectivity index (χ0n) is 15.9. The minimum Gasteiger partial charge on any atom is -0.503 e. The highest BCUT2D eigenvalue weighted by atomic mass is 35.5. The molecule has 3 aromatic rings. The third-order valence-electron chi connectivity index (χ3n) is 4.98. The molecule has 4 rings (SSSR count). The average molecular weight is 421 g/mol. The van der Waals surface area contributed by atoms with Crippen LogP contribution in [0.1, 0.15) is 42.2 Å². The number of hydrogen-bond acceptors (Lipinski definition) is 4. The van der Waals surface area contributed by atoms with E-state index >= 15 is 0 Å². The Balaban J connectivity index is 1.68. The number of ketones is 1. The molecule has 0 atom stereocenters. The van der Waals surface area contributed by atoms with Crippen molar-refractivity contribution in [1.29, 1.82) is 0 Å². The Morgan fingerprint density at radius 2 is 2.07 bits per heavy atom. The molecule has 0 radical (unpaired) electrons. The first-order valence-corrected chi connectivity index (χ1v) is 9.55. The largest absolute Gasteiger partial charge is 0.503 e. The standard InChI is InChI=1S/C20H19ClF2N4O2/c1-20(22,23)18-17(29)19(26(2)25-18)27-10-13(9-24-27)12-5-6-15(21)14(8-12)16(28)7-11-3-4-11/h5-6,8-11,29H,3-4,7H2,1-2H3. The van der Waals surface area contributed by atoms with E-state index in [1.807, 2.05) is 0 Å². The number of carbonyl (C=O) groups excluding carboxylic acids is 1. The maximum absolute atomic E-state index is 13.6. The molecule has 0 aliphatic heterocycles. The van der Waals surface area contributed by atoms with E-state index in [2.05, 4.69) is 10.2 Å². The van der Waals surface area contributed by atoms with Crippen LogP contribution in [0.5, 0.6) is 5.75 Å². The molecule has 1 fully saturated rings. The van der Waals surface area contributed by atoms with E-state index < -0.39 is 17.4 Å². The van der Waals surface area contributed by atoms with Crippen LogP contribution in [0.3, 0.4) is 0 Å². The van der Waals surface area contributed by atoms with Gasteiger partial charge >= 0.3 is 0 Å². The average Bonchev–Trinajstić information content (AvgIpc) is 3.22. The number of aryl methyl sites for hydroxylation is 1. The molecule has 1 aromatic carbocycles. The van der Waals surface area contributed by atoms with Crippen LogP contribution >= 0.6 is 11.6 Å². The number of alkyl halides is 2. The van der Waals surface area contributed by atoms with Gasteiger partial charge in [-0.1, -0.05) is 17.7 Å². The lowest BCUT2D eigenvalue weighted by atomic mass is 10.0. The Labute approximate surface area is 170 Å². The minimum absolute atomic E-state index is 0.00541. The quantitative estimate of drug-likeness (QED) is 0.585. The van der Waals surface area contributed by atoms with Crippen LogP contribution in [-0.2, 0) is 13.0 Å². The summed E-state index contributed by atoms with van der Waals surface area (Å²) in [6.07, 6.45) is 5.73. The highest BCUT2D eigenvalue weighted by Crippen LogP contribution is 2.37. The lowest BCUT2D eigenvalue weighted by Gasteiger charge is -2.06. The van der Waals surface area contributed by atoms with Crippen LogP contribution in [0.2, 0.25) is 5.02 Å². The van der Waals surface area contributed by atoms with Crippen molar-refractivity contribution in [3.63, 3.8) is 0 Å². The third kappa shape index (κ3) is 3.76. The molecule has 1 aliphatic rings.